The molecule has 0 aliphatic heterocycles. The third-order valence-corrected chi connectivity index (χ3v) is 5.62. The molecular weight excluding hydrogens is 443 g/mol. The lowest BCUT2D eigenvalue weighted by Gasteiger charge is -2.18. The van der Waals surface area contributed by atoms with Gasteiger partial charge in [0.2, 0.25) is 10.0 Å². The second kappa shape index (κ2) is 9.71. The van der Waals surface area contributed by atoms with E-state index < -0.39 is 34.5 Å². The van der Waals surface area contributed by atoms with Gasteiger partial charge in [0.05, 0.1) is 17.9 Å². The zero-order valence-corrected chi connectivity index (χ0v) is 18.0. The van der Waals surface area contributed by atoms with Crippen LogP contribution in [-0.4, -0.2) is 33.2 Å². The van der Waals surface area contributed by atoms with Crippen LogP contribution in [0.2, 0.25) is 0 Å². The molecule has 0 fully saturated rings. The summed E-state index contributed by atoms with van der Waals surface area (Å²) in [7, 11) is -3.50. The molecule has 3 rings (SSSR count). The summed E-state index contributed by atoms with van der Waals surface area (Å²) < 4.78 is 43.3. The normalized spacial score (nSPS) is 12.1. The molecule has 7 nitrogen and oxygen atoms in total. The molecule has 2 N–H and O–H groups in total. The Balaban J connectivity index is 1.65. The van der Waals surface area contributed by atoms with Crippen molar-refractivity contribution in [1.29, 1.82) is 0 Å². The van der Waals surface area contributed by atoms with E-state index in [1.54, 1.807) is 12.1 Å². The van der Waals surface area contributed by atoms with Crippen LogP contribution in [0.25, 0.3) is 0 Å². The van der Waals surface area contributed by atoms with Gasteiger partial charge in [-0.05, 0) is 47.3 Å². The highest BCUT2D eigenvalue weighted by atomic mass is 32.2. The van der Waals surface area contributed by atoms with Crippen molar-refractivity contribution >= 4 is 38.9 Å². The molecule has 0 saturated carbocycles. The summed E-state index contributed by atoms with van der Waals surface area (Å²) in [5.41, 5.74) is 0.980. The third kappa shape index (κ3) is 6.63. The van der Waals surface area contributed by atoms with E-state index in [2.05, 4.69) is 10.0 Å². The van der Waals surface area contributed by atoms with E-state index in [0.29, 0.717) is 5.56 Å². The minimum atomic E-state index is -3.50. The molecule has 162 valence electrons. The maximum absolute atomic E-state index is 13.3. The minimum Gasteiger partial charge on any atom is -0.452 e. The molecule has 10 heteroatoms. The van der Waals surface area contributed by atoms with Crippen LogP contribution in [0.15, 0.2) is 66.0 Å². The van der Waals surface area contributed by atoms with Gasteiger partial charge in [-0.3, -0.25) is 9.52 Å². The average Bonchev–Trinajstić information content (AvgIpc) is 3.24. The summed E-state index contributed by atoms with van der Waals surface area (Å²) in [5, 5.41) is 4.64. The molecule has 31 heavy (non-hydrogen) atoms. The maximum atomic E-state index is 13.3. The largest absolute Gasteiger partial charge is 0.452 e. The summed E-state index contributed by atoms with van der Waals surface area (Å²) in [6, 6.07) is 14.6. The van der Waals surface area contributed by atoms with E-state index in [4.69, 9.17) is 4.74 Å². The van der Waals surface area contributed by atoms with Crippen molar-refractivity contribution in [3.8, 4) is 0 Å². The molecule has 0 aliphatic carbocycles. The first-order chi connectivity index (χ1) is 14.7. The standard InChI is InChI=1S/C21H19FN2O5S2/c1-31(27,28)24-17-5-2-4-15(12-17)21(26)29-13-19(25)23-20(18-6-3-11-30-18)14-7-9-16(22)10-8-14/h2-12,20,24H,13H2,1H3,(H,23,25)/t20-/m0/s1. The quantitative estimate of drug-likeness (QED) is 0.500. The van der Waals surface area contributed by atoms with Gasteiger partial charge in [0.25, 0.3) is 5.91 Å². The zero-order valence-electron chi connectivity index (χ0n) is 16.4. The Labute approximate surface area is 182 Å². The number of amides is 1. The number of halogens is 1. The molecule has 3 aromatic rings. The maximum Gasteiger partial charge on any atom is 0.338 e. The summed E-state index contributed by atoms with van der Waals surface area (Å²) in [4.78, 5) is 25.5. The van der Waals surface area contributed by atoms with Gasteiger partial charge in [-0.2, -0.15) is 0 Å². The fourth-order valence-corrected chi connectivity index (χ4v) is 4.13. The summed E-state index contributed by atoms with van der Waals surface area (Å²) in [6.45, 7) is -0.536. The molecule has 1 aromatic heterocycles. The van der Waals surface area contributed by atoms with E-state index in [1.165, 1.54) is 47.7 Å². The smallest absolute Gasteiger partial charge is 0.338 e. The van der Waals surface area contributed by atoms with E-state index >= 15 is 0 Å². The van der Waals surface area contributed by atoms with Crippen molar-refractivity contribution in [3.63, 3.8) is 0 Å². The first kappa shape index (κ1) is 22.4. The van der Waals surface area contributed by atoms with E-state index in [-0.39, 0.29) is 17.1 Å². The van der Waals surface area contributed by atoms with Crippen LogP contribution < -0.4 is 10.0 Å². The number of hydrogen-bond acceptors (Lipinski definition) is 6. The average molecular weight is 463 g/mol. The third-order valence-electron chi connectivity index (χ3n) is 4.07. The van der Waals surface area contributed by atoms with Crippen LogP contribution in [-0.2, 0) is 19.6 Å². The minimum absolute atomic E-state index is 0.0924. The molecule has 0 spiro atoms. The fourth-order valence-electron chi connectivity index (χ4n) is 2.77. The predicted octanol–water partition coefficient (Wildman–Crippen LogP) is 3.32. The topological polar surface area (TPSA) is 102 Å². The lowest BCUT2D eigenvalue weighted by Crippen LogP contribution is -2.32. The number of hydrogen-bond donors (Lipinski definition) is 2. The molecule has 0 bridgehead atoms. The second-order valence-corrected chi connectivity index (χ2v) is 9.33. The first-order valence-electron chi connectivity index (χ1n) is 9.04. The number of benzene rings is 2. The van der Waals surface area contributed by atoms with Crippen molar-refractivity contribution < 1.29 is 27.1 Å². The van der Waals surface area contributed by atoms with Gasteiger partial charge < -0.3 is 10.1 Å². The highest BCUT2D eigenvalue weighted by Crippen LogP contribution is 2.26. The highest BCUT2D eigenvalue weighted by molar-refractivity contribution is 7.92. The molecule has 2 aromatic carbocycles. The van der Waals surface area contributed by atoms with Crippen molar-refractivity contribution in [1.82, 2.24) is 5.32 Å². The van der Waals surface area contributed by atoms with Crippen molar-refractivity contribution in [2.75, 3.05) is 17.6 Å². The van der Waals surface area contributed by atoms with Crippen LogP contribution in [0.1, 0.15) is 26.8 Å². The number of sulfonamides is 1. The van der Waals surface area contributed by atoms with Crippen molar-refractivity contribution in [3.05, 3.63) is 87.9 Å². The summed E-state index contributed by atoms with van der Waals surface area (Å²) in [5.74, 6) is -1.70. The Morgan fingerprint density at radius 3 is 2.48 bits per heavy atom. The van der Waals surface area contributed by atoms with E-state index in [9.17, 15) is 22.4 Å². The lowest BCUT2D eigenvalue weighted by molar-refractivity contribution is -0.124. The van der Waals surface area contributed by atoms with Gasteiger partial charge >= 0.3 is 5.97 Å². The van der Waals surface area contributed by atoms with Gasteiger partial charge in [-0.25, -0.2) is 17.6 Å². The molecule has 0 aliphatic rings. The first-order valence-corrected chi connectivity index (χ1v) is 11.8. The molecule has 1 atom stereocenters. The zero-order chi connectivity index (χ0) is 22.4. The van der Waals surface area contributed by atoms with Crippen LogP contribution >= 0.6 is 11.3 Å². The van der Waals surface area contributed by atoms with Gasteiger partial charge in [0.15, 0.2) is 6.61 Å². The van der Waals surface area contributed by atoms with E-state index in [1.807, 2.05) is 17.5 Å². The molecule has 0 saturated heterocycles. The molecular formula is C21H19FN2O5S2. The molecule has 0 radical (unpaired) electrons. The second-order valence-electron chi connectivity index (χ2n) is 6.60. The molecule has 0 unspecified atom stereocenters. The number of esters is 1. The monoisotopic (exact) mass is 462 g/mol. The number of anilines is 1. The number of carbonyl (C=O) groups is 2. The Kier molecular flexibility index (Phi) is 7.03. The lowest BCUT2D eigenvalue weighted by atomic mass is 10.1. The van der Waals surface area contributed by atoms with Gasteiger partial charge in [0.1, 0.15) is 5.82 Å². The SMILES string of the molecule is CS(=O)(=O)Nc1cccc(C(=O)OCC(=O)N[C@@H](c2ccc(F)cc2)c2cccs2)c1. The number of nitrogens with one attached hydrogen (secondary N) is 2. The summed E-state index contributed by atoms with van der Waals surface area (Å²) >= 11 is 1.43. The van der Waals surface area contributed by atoms with Gasteiger partial charge in [-0.1, -0.05) is 24.3 Å². The Morgan fingerprint density at radius 2 is 1.84 bits per heavy atom. The number of ether oxygens (including phenoxy) is 1. The summed E-state index contributed by atoms with van der Waals surface area (Å²) in [6.07, 6.45) is 0.994. The van der Waals surface area contributed by atoms with E-state index in [0.717, 1.165) is 11.1 Å². The Bertz CT molecular complexity index is 1160. The van der Waals surface area contributed by atoms with Crippen LogP contribution in [0.4, 0.5) is 10.1 Å². The number of rotatable bonds is 8. The molecule has 1 heterocycles. The van der Waals surface area contributed by atoms with Gasteiger partial charge in [-0.15, -0.1) is 11.3 Å². The number of thiophene rings is 1. The Hall–Kier alpha value is -3.24. The molecule has 1 amide bonds. The Morgan fingerprint density at radius 1 is 1.10 bits per heavy atom. The van der Waals surface area contributed by atoms with Crippen LogP contribution in [0.5, 0.6) is 0 Å². The van der Waals surface area contributed by atoms with Gasteiger partial charge in [0, 0.05) is 10.6 Å². The van der Waals surface area contributed by atoms with Crippen molar-refractivity contribution in [2.24, 2.45) is 0 Å². The predicted molar refractivity (Wildman–Crippen MR) is 116 cm³/mol. The highest BCUT2D eigenvalue weighted by Gasteiger charge is 2.19. The van der Waals surface area contributed by atoms with Crippen LogP contribution in [0, 0.1) is 5.82 Å². The van der Waals surface area contributed by atoms with Crippen molar-refractivity contribution in [2.45, 2.75) is 6.04 Å². The van der Waals surface area contributed by atoms with Crippen LogP contribution in [0.3, 0.4) is 0 Å². The fraction of sp³-hybridized carbons (Fsp3) is 0.143. The number of carbonyl (C=O) groups excluding carboxylic acids is 2.